The van der Waals surface area contributed by atoms with Crippen LogP contribution < -0.4 is 5.73 Å². The lowest BCUT2D eigenvalue weighted by Crippen LogP contribution is -2.49. The number of hydrogen-bond acceptors (Lipinski definition) is 2. The Hall–Kier alpha value is -1.13. The van der Waals surface area contributed by atoms with Gasteiger partial charge in [-0.25, -0.2) is 4.39 Å². The fourth-order valence-corrected chi connectivity index (χ4v) is 1.85. The zero-order valence-corrected chi connectivity index (χ0v) is 9.54. The van der Waals surface area contributed by atoms with E-state index in [0.29, 0.717) is 5.02 Å². The summed E-state index contributed by atoms with van der Waals surface area (Å²) in [4.78, 5) is 11.2. The molecular formula is C11H13ClFNO2. The second kappa shape index (κ2) is 4.80. The quantitative estimate of drug-likeness (QED) is 0.853. The smallest absolute Gasteiger partial charge is 0.318 e. The van der Waals surface area contributed by atoms with E-state index in [1.54, 1.807) is 12.1 Å². The predicted octanol–water partition coefficient (Wildman–Crippen LogP) is 1.98. The highest BCUT2D eigenvalue weighted by Gasteiger charge is 2.45. The minimum absolute atomic E-state index is 0.282. The zero-order chi connectivity index (χ0) is 12.3. The minimum atomic E-state index is -1.73. The van der Waals surface area contributed by atoms with E-state index in [0.717, 1.165) is 0 Å². The molecule has 16 heavy (non-hydrogen) atoms. The Labute approximate surface area is 98.0 Å². The lowest BCUT2D eigenvalue weighted by Gasteiger charge is -2.30. The number of halogens is 2. The lowest BCUT2D eigenvalue weighted by atomic mass is 9.77. The highest BCUT2D eigenvalue weighted by atomic mass is 35.5. The first-order valence-electron chi connectivity index (χ1n) is 4.78. The number of carbonyl (C=O) groups is 1. The highest BCUT2D eigenvalue weighted by molar-refractivity contribution is 6.30. The fourth-order valence-electron chi connectivity index (χ4n) is 1.66. The molecule has 3 N–H and O–H groups in total. The monoisotopic (exact) mass is 245 g/mol. The molecule has 0 saturated heterocycles. The van der Waals surface area contributed by atoms with Crippen LogP contribution in [0.1, 0.15) is 12.5 Å². The number of aliphatic carboxylic acids is 1. The first-order chi connectivity index (χ1) is 7.45. The van der Waals surface area contributed by atoms with E-state index in [9.17, 15) is 14.3 Å². The maximum absolute atomic E-state index is 13.6. The van der Waals surface area contributed by atoms with Gasteiger partial charge in [-0.1, -0.05) is 23.7 Å². The van der Waals surface area contributed by atoms with Crippen LogP contribution in [0.2, 0.25) is 5.02 Å². The van der Waals surface area contributed by atoms with Crippen molar-refractivity contribution in [1.82, 2.24) is 0 Å². The summed E-state index contributed by atoms with van der Waals surface area (Å²) in [6, 6.07) is 6.12. The van der Waals surface area contributed by atoms with Gasteiger partial charge >= 0.3 is 5.97 Å². The molecule has 5 heteroatoms. The van der Waals surface area contributed by atoms with Crippen molar-refractivity contribution in [3.8, 4) is 0 Å². The van der Waals surface area contributed by atoms with Gasteiger partial charge in [0.25, 0.3) is 0 Å². The fraction of sp³-hybridized carbons (Fsp3) is 0.364. The summed E-state index contributed by atoms with van der Waals surface area (Å²) in [7, 11) is 0. The Bertz CT molecular complexity index is 397. The van der Waals surface area contributed by atoms with Gasteiger partial charge in [-0.15, -0.1) is 0 Å². The van der Waals surface area contributed by atoms with E-state index in [-0.39, 0.29) is 12.1 Å². The molecular weight excluding hydrogens is 233 g/mol. The summed E-state index contributed by atoms with van der Waals surface area (Å²) in [5.41, 5.74) is 3.98. The Morgan fingerprint density at radius 3 is 2.69 bits per heavy atom. The summed E-state index contributed by atoms with van der Waals surface area (Å²) >= 11 is 5.76. The summed E-state index contributed by atoms with van der Waals surface area (Å²) < 4.78 is 13.6. The van der Waals surface area contributed by atoms with Crippen LogP contribution in [-0.2, 0) is 10.2 Å². The molecule has 2 unspecified atom stereocenters. The first-order valence-corrected chi connectivity index (χ1v) is 5.16. The van der Waals surface area contributed by atoms with Gasteiger partial charge in [0, 0.05) is 11.6 Å². The van der Waals surface area contributed by atoms with Crippen LogP contribution in [0.4, 0.5) is 4.39 Å². The van der Waals surface area contributed by atoms with Gasteiger partial charge in [-0.05, 0) is 24.6 Å². The molecule has 1 aromatic rings. The molecule has 3 nitrogen and oxygen atoms in total. The molecule has 2 atom stereocenters. The molecule has 0 aliphatic rings. The molecule has 0 amide bonds. The van der Waals surface area contributed by atoms with E-state index in [4.69, 9.17) is 17.3 Å². The second-order valence-corrected chi connectivity index (χ2v) is 4.04. The molecule has 0 fully saturated rings. The van der Waals surface area contributed by atoms with Crippen molar-refractivity contribution in [2.24, 2.45) is 5.73 Å². The topological polar surface area (TPSA) is 63.3 Å². The van der Waals surface area contributed by atoms with Gasteiger partial charge in [0.15, 0.2) is 0 Å². The molecule has 0 heterocycles. The summed E-state index contributed by atoms with van der Waals surface area (Å²) in [5.74, 6) is -1.28. The third-order valence-corrected chi connectivity index (χ3v) is 2.96. The van der Waals surface area contributed by atoms with Gasteiger partial charge < -0.3 is 10.8 Å². The van der Waals surface area contributed by atoms with Crippen LogP contribution in [0.15, 0.2) is 24.3 Å². The second-order valence-electron chi connectivity index (χ2n) is 3.61. The van der Waals surface area contributed by atoms with E-state index in [2.05, 4.69) is 0 Å². The number of hydrogen-bond donors (Lipinski definition) is 2. The summed E-state index contributed by atoms with van der Waals surface area (Å²) in [5, 5.41) is 9.53. The van der Waals surface area contributed by atoms with Crippen LogP contribution in [0.25, 0.3) is 0 Å². The number of rotatable bonds is 4. The van der Waals surface area contributed by atoms with Crippen LogP contribution >= 0.6 is 11.6 Å². The van der Waals surface area contributed by atoms with Gasteiger partial charge in [0.2, 0.25) is 0 Å². The number of carboxylic acid groups (broad SMARTS) is 1. The van der Waals surface area contributed by atoms with Crippen molar-refractivity contribution >= 4 is 17.6 Å². The number of benzene rings is 1. The number of alkyl halides is 1. The highest BCUT2D eigenvalue weighted by Crippen LogP contribution is 2.31. The van der Waals surface area contributed by atoms with E-state index < -0.39 is 17.6 Å². The normalized spacial score (nSPS) is 16.5. The zero-order valence-electron chi connectivity index (χ0n) is 8.78. The Kier molecular flexibility index (Phi) is 3.88. The van der Waals surface area contributed by atoms with Gasteiger partial charge in [0.1, 0.15) is 11.6 Å². The molecule has 0 aliphatic carbocycles. The maximum Gasteiger partial charge on any atom is 0.318 e. The predicted molar refractivity (Wildman–Crippen MR) is 60.4 cm³/mol. The lowest BCUT2D eigenvalue weighted by molar-refractivity contribution is -0.146. The van der Waals surface area contributed by atoms with E-state index in [1.165, 1.54) is 19.1 Å². The molecule has 0 aromatic heterocycles. The molecule has 0 spiro atoms. The third-order valence-electron chi connectivity index (χ3n) is 2.72. The van der Waals surface area contributed by atoms with Gasteiger partial charge in [-0.3, -0.25) is 4.79 Å². The SMILES string of the molecule is CC(F)C(CN)(C(=O)O)c1cccc(Cl)c1. The third kappa shape index (κ3) is 2.03. The molecule has 1 rings (SSSR count). The van der Waals surface area contributed by atoms with E-state index >= 15 is 0 Å². The number of nitrogens with two attached hydrogens (primary N) is 1. The molecule has 0 saturated carbocycles. The average Bonchev–Trinajstić information content (AvgIpc) is 2.18. The molecule has 0 radical (unpaired) electrons. The Morgan fingerprint density at radius 1 is 1.69 bits per heavy atom. The minimum Gasteiger partial charge on any atom is -0.480 e. The average molecular weight is 246 g/mol. The molecule has 88 valence electrons. The maximum atomic E-state index is 13.6. The van der Waals surface area contributed by atoms with Crippen molar-refractivity contribution in [3.05, 3.63) is 34.9 Å². The summed E-state index contributed by atoms with van der Waals surface area (Å²) in [6.07, 6.45) is -1.60. The van der Waals surface area contributed by atoms with Crippen molar-refractivity contribution < 1.29 is 14.3 Å². The Morgan fingerprint density at radius 2 is 2.31 bits per heavy atom. The van der Waals surface area contributed by atoms with Crippen LogP contribution in [0.3, 0.4) is 0 Å². The van der Waals surface area contributed by atoms with Crippen molar-refractivity contribution in [2.45, 2.75) is 18.5 Å². The van der Waals surface area contributed by atoms with Crippen molar-refractivity contribution in [2.75, 3.05) is 6.54 Å². The van der Waals surface area contributed by atoms with E-state index in [1.807, 2.05) is 0 Å². The number of carboxylic acids is 1. The molecule has 1 aromatic carbocycles. The molecule has 0 aliphatic heterocycles. The molecule has 0 bridgehead atoms. The first kappa shape index (κ1) is 12.9. The summed E-state index contributed by atoms with van der Waals surface area (Å²) in [6.45, 7) is 0.863. The van der Waals surface area contributed by atoms with Gasteiger partial charge in [0.05, 0.1) is 0 Å². The van der Waals surface area contributed by atoms with Crippen molar-refractivity contribution in [3.63, 3.8) is 0 Å². The largest absolute Gasteiger partial charge is 0.480 e. The van der Waals surface area contributed by atoms with Crippen LogP contribution in [0.5, 0.6) is 0 Å². The van der Waals surface area contributed by atoms with Crippen molar-refractivity contribution in [1.29, 1.82) is 0 Å². The van der Waals surface area contributed by atoms with Crippen LogP contribution in [-0.4, -0.2) is 23.8 Å². The van der Waals surface area contributed by atoms with Gasteiger partial charge in [-0.2, -0.15) is 0 Å². The Balaban J connectivity index is 3.36. The van der Waals surface area contributed by atoms with Crippen LogP contribution in [0, 0.1) is 0 Å². The standard InChI is InChI=1S/C11H13ClFNO2/c1-7(13)11(6-14,10(15)16)8-3-2-4-9(12)5-8/h2-5,7H,6,14H2,1H3,(H,15,16).